The molecular weight excluding hydrogens is 541 g/mol. The van der Waals surface area contributed by atoms with Crippen LogP contribution in [0.5, 0.6) is 11.5 Å². The molecule has 3 atom stereocenters. The fourth-order valence-electron chi connectivity index (χ4n) is 6.39. The molecule has 42 heavy (non-hydrogen) atoms. The monoisotopic (exact) mass is 583 g/mol. The van der Waals surface area contributed by atoms with Gasteiger partial charge in [-0.15, -0.1) is 0 Å². The highest BCUT2D eigenvalue weighted by molar-refractivity contribution is 5.95. The van der Waals surface area contributed by atoms with Crippen LogP contribution in [0.1, 0.15) is 69.9 Å². The number of hydrogen-bond acceptors (Lipinski definition) is 6. The molecular formula is C32H42FN3O6. The van der Waals surface area contributed by atoms with Crippen molar-refractivity contribution < 1.29 is 33.4 Å². The molecule has 1 fully saturated rings. The zero-order valence-corrected chi connectivity index (χ0v) is 24.9. The van der Waals surface area contributed by atoms with E-state index in [-0.39, 0.29) is 43.6 Å². The number of carbonyl (C=O) groups excluding carboxylic acids is 2. The SMILES string of the molecule is CCCC(CCC)N(C(=O)CN1C[C@H](c2ccc3c(c2)OCO3)[C@@H](C(=O)O)[C@@H]1CCNC(C)=O)c1ccc(F)c(C)c1. The van der Waals surface area contributed by atoms with E-state index in [4.69, 9.17) is 9.47 Å². The first-order chi connectivity index (χ1) is 20.1. The minimum atomic E-state index is -0.957. The molecule has 2 N–H and O–H groups in total. The highest BCUT2D eigenvalue weighted by atomic mass is 19.1. The average molecular weight is 584 g/mol. The number of hydrogen-bond donors (Lipinski definition) is 2. The molecule has 0 aromatic heterocycles. The Morgan fingerprint density at radius 1 is 1.10 bits per heavy atom. The highest BCUT2D eigenvalue weighted by Crippen LogP contribution is 2.43. The third kappa shape index (κ3) is 7.03. The highest BCUT2D eigenvalue weighted by Gasteiger charge is 2.47. The van der Waals surface area contributed by atoms with Crippen LogP contribution in [0.2, 0.25) is 0 Å². The topological polar surface area (TPSA) is 108 Å². The zero-order chi connectivity index (χ0) is 30.4. The number of nitrogens with one attached hydrogen (secondary N) is 1. The van der Waals surface area contributed by atoms with Crippen LogP contribution >= 0.6 is 0 Å². The van der Waals surface area contributed by atoms with E-state index in [2.05, 4.69) is 19.2 Å². The van der Waals surface area contributed by atoms with Crippen molar-refractivity contribution in [2.24, 2.45) is 5.92 Å². The molecule has 4 rings (SSSR count). The van der Waals surface area contributed by atoms with Gasteiger partial charge >= 0.3 is 5.97 Å². The normalized spacial score (nSPS) is 19.7. The fourth-order valence-corrected chi connectivity index (χ4v) is 6.39. The van der Waals surface area contributed by atoms with Crippen LogP contribution in [0.3, 0.4) is 0 Å². The predicted octanol–water partition coefficient (Wildman–Crippen LogP) is 4.86. The average Bonchev–Trinajstić information content (AvgIpc) is 3.55. The number of anilines is 1. The third-order valence-corrected chi connectivity index (χ3v) is 8.31. The van der Waals surface area contributed by atoms with Gasteiger partial charge in [0.2, 0.25) is 18.6 Å². The number of carboxylic acids is 1. The van der Waals surface area contributed by atoms with Crippen molar-refractivity contribution in [1.29, 1.82) is 0 Å². The minimum Gasteiger partial charge on any atom is -0.481 e. The van der Waals surface area contributed by atoms with Gasteiger partial charge in [-0.3, -0.25) is 19.3 Å². The summed E-state index contributed by atoms with van der Waals surface area (Å²) in [6.07, 6.45) is 3.71. The lowest BCUT2D eigenvalue weighted by Crippen LogP contribution is -2.48. The first-order valence-electron chi connectivity index (χ1n) is 14.8. The van der Waals surface area contributed by atoms with Gasteiger partial charge in [0.05, 0.1) is 12.5 Å². The Labute approximate surface area is 247 Å². The lowest BCUT2D eigenvalue weighted by Gasteiger charge is -2.35. The van der Waals surface area contributed by atoms with Gasteiger partial charge in [-0.05, 0) is 67.6 Å². The molecule has 0 bridgehead atoms. The smallest absolute Gasteiger partial charge is 0.308 e. The molecule has 2 amide bonds. The van der Waals surface area contributed by atoms with Crippen LogP contribution in [0, 0.1) is 18.7 Å². The summed E-state index contributed by atoms with van der Waals surface area (Å²) in [5, 5.41) is 13.2. The summed E-state index contributed by atoms with van der Waals surface area (Å²) >= 11 is 0. The van der Waals surface area contributed by atoms with Gasteiger partial charge in [0.1, 0.15) is 5.82 Å². The largest absolute Gasteiger partial charge is 0.481 e. The van der Waals surface area contributed by atoms with E-state index in [1.54, 1.807) is 30.0 Å². The molecule has 0 radical (unpaired) electrons. The fraction of sp³-hybridized carbons (Fsp3) is 0.531. The molecule has 10 heteroatoms. The maximum Gasteiger partial charge on any atom is 0.308 e. The number of rotatable bonds is 13. The molecule has 228 valence electrons. The van der Waals surface area contributed by atoms with Crippen molar-refractivity contribution in [3.8, 4) is 11.5 Å². The summed E-state index contributed by atoms with van der Waals surface area (Å²) in [5.41, 5.74) is 1.90. The second-order valence-electron chi connectivity index (χ2n) is 11.3. The Kier molecular flexibility index (Phi) is 10.4. The van der Waals surface area contributed by atoms with Gasteiger partial charge in [0, 0.05) is 43.7 Å². The Hall–Kier alpha value is -3.66. The van der Waals surface area contributed by atoms with Gasteiger partial charge in [0.15, 0.2) is 11.5 Å². The molecule has 9 nitrogen and oxygen atoms in total. The Balaban J connectivity index is 1.68. The van der Waals surface area contributed by atoms with Crippen molar-refractivity contribution >= 4 is 23.5 Å². The molecule has 2 aromatic rings. The van der Waals surface area contributed by atoms with Crippen LogP contribution in [0.15, 0.2) is 36.4 Å². The second kappa shape index (κ2) is 14.0. The van der Waals surface area contributed by atoms with Gasteiger partial charge in [-0.1, -0.05) is 32.8 Å². The van der Waals surface area contributed by atoms with E-state index < -0.39 is 23.8 Å². The second-order valence-corrected chi connectivity index (χ2v) is 11.3. The maximum atomic E-state index is 14.2. The van der Waals surface area contributed by atoms with Crippen LogP contribution in [0.4, 0.5) is 10.1 Å². The molecule has 2 aromatic carbocycles. The number of carbonyl (C=O) groups is 3. The van der Waals surface area contributed by atoms with Crippen LogP contribution in [-0.2, 0) is 14.4 Å². The number of aryl methyl sites for hydroxylation is 1. The third-order valence-electron chi connectivity index (χ3n) is 8.31. The van der Waals surface area contributed by atoms with Gasteiger partial charge in [0.25, 0.3) is 0 Å². The first-order valence-corrected chi connectivity index (χ1v) is 14.8. The number of aliphatic carboxylic acids is 1. The van der Waals surface area contributed by atoms with E-state index in [0.29, 0.717) is 35.7 Å². The first kappa shape index (κ1) is 31.3. The van der Waals surface area contributed by atoms with E-state index in [0.717, 1.165) is 31.2 Å². The Morgan fingerprint density at radius 2 is 1.81 bits per heavy atom. The predicted molar refractivity (Wildman–Crippen MR) is 157 cm³/mol. The van der Waals surface area contributed by atoms with E-state index in [1.807, 2.05) is 17.0 Å². The summed E-state index contributed by atoms with van der Waals surface area (Å²) in [6.45, 7) is 8.00. The molecule has 2 aliphatic heterocycles. The Bertz CT molecular complexity index is 1280. The van der Waals surface area contributed by atoms with E-state index in [9.17, 15) is 23.9 Å². The van der Waals surface area contributed by atoms with Gasteiger partial charge in [-0.2, -0.15) is 0 Å². The van der Waals surface area contributed by atoms with Gasteiger partial charge < -0.3 is 24.8 Å². The molecule has 0 spiro atoms. The van der Waals surface area contributed by atoms with Crippen molar-refractivity contribution in [3.05, 3.63) is 53.3 Å². The van der Waals surface area contributed by atoms with E-state index in [1.165, 1.54) is 13.0 Å². The molecule has 0 saturated carbocycles. The maximum absolute atomic E-state index is 14.2. The molecule has 0 unspecified atom stereocenters. The van der Waals surface area contributed by atoms with Crippen LogP contribution in [0.25, 0.3) is 0 Å². The summed E-state index contributed by atoms with van der Waals surface area (Å²) in [4.78, 5) is 42.3. The van der Waals surface area contributed by atoms with Gasteiger partial charge in [-0.25, -0.2) is 4.39 Å². The standard InChI is InChI=1S/C32H42FN3O6/c1-5-7-23(8-6-2)36(24-10-11-26(33)20(3)15-24)30(38)18-35-17-25(22-9-12-28-29(16-22)42-19-41-28)31(32(39)40)27(35)13-14-34-21(4)37/h9-12,15-16,23,25,27,31H,5-8,13-14,17-19H2,1-4H3,(H,34,37)(H,39,40)/t25-,27+,31-/m1/s1. The summed E-state index contributed by atoms with van der Waals surface area (Å²) in [5.74, 6) is -1.68. The number of fused-ring (bicyclic) bond motifs is 1. The number of amides is 2. The number of ether oxygens (including phenoxy) is 2. The Morgan fingerprint density at radius 3 is 2.45 bits per heavy atom. The lowest BCUT2D eigenvalue weighted by atomic mass is 9.84. The van der Waals surface area contributed by atoms with Crippen molar-refractivity contribution in [2.45, 2.75) is 77.8 Å². The summed E-state index contributed by atoms with van der Waals surface area (Å²) < 4.78 is 25.2. The summed E-state index contributed by atoms with van der Waals surface area (Å²) in [7, 11) is 0. The summed E-state index contributed by atoms with van der Waals surface area (Å²) in [6, 6.07) is 9.64. The molecule has 1 saturated heterocycles. The zero-order valence-electron chi connectivity index (χ0n) is 24.9. The van der Waals surface area contributed by atoms with Crippen LogP contribution in [-0.4, -0.2) is 66.3 Å². The van der Waals surface area contributed by atoms with Crippen LogP contribution < -0.4 is 19.7 Å². The molecule has 2 aliphatic rings. The number of halogens is 1. The minimum absolute atomic E-state index is 0.00405. The van der Waals surface area contributed by atoms with Crippen molar-refractivity contribution in [1.82, 2.24) is 10.2 Å². The molecule has 0 aliphatic carbocycles. The number of nitrogens with zero attached hydrogens (tertiary/aromatic N) is 2. The van der Waals surface area contributed by atoms with E-state index >= 15 is 0 Å². The number of likely N-dealkylation sites (tertiary alicyclic amines) is 1. The number of carboxylic acid groups (broad SMARTS) is 1. The quantitative estimate of drug-likeness (QED) is 0.347. The lowest BCUT2D eigenvalue weighted by molar-refractivity contribution is -0.143. The number of benzene rings is 2. The van der Waals surface area contributed by atoms with Crippen molar-refractivity contribution in [3.63, 3.8) is 0 Å². The van der Waals surface area contributed by atoms with Crippen molar-refractivity contribution in [2.75, 3.05) is 31.3 Å². The molecule has 2 heterocycles.